The van der Waals surface area contributed by atoms with Crippen LogP contribution in [0.1, 0.15) is 77.0 Å². The minimum atomic E-state index is 0.278. The molecule has 7 nitrogen and oxygen atoms in total. The van der Waals surface area contributed by atoms with Gasteiger partial charge in [0.2, 0.25) is 5.91 Å². The number of nitrogens with zero attached hydrogens (tertiary/aromatic N) is 6. The molecule has 2 fully saturated rings. The van der Waals surface area contributed by atoms with Gasteiger partial charge in [0.05, 0.1) is 17.3 Å². The fraction of sp³-hybridized carbons (Fsp3) is 0.571. The molecule has 1 aliphatic carbocycles. The maximum atomic E-state index is 12.9. The van der Waals surface area contributed by atoms with Crippen molar-refractivity contribution in [3.8, 4) is 5.69 Å². The van der Waals surface area contributed by atoms with E-state index in [0.717, 1.165) is 79.7 Å². The van der Waals surface area contributed by atoms with E-state index in [1.54, 1.807) is 0 Å². The second-order valence-electron chi connectivity index (χ2n) is 10.3. The van der Waals surface area contributed by atoms with E-state index in [1.165, 1.54) is 25.7 Å². The molecule has 7 heteroatoms. The lowest BCUT2D eigenvalue weighted by molar-refractivity contribution is -0.131. The van der Waals surface area contributed by atoms with Crippen LogP contribution >= 0.6 is 0 Å². The molecule has 1 aromatic carbocycles. The lowest BCUT2D eigenvalue weighted by Crippen LogP contribution is -2.49. The van der Waals surface area contributed by atoms with Crippen molar-refractivity contribution in [3.63, 3.8) is 0 Å². The molecule has 186 valence electrons. The number of carbonyl (C=O) groups excluding carboxylic acids is 1. The van der Waals surface area contributed by atoms with Crippen LogP contribution in [0.5, 0.6) is 0 Å². The first-order valence-corrected chi connectivity index (χ1v) is 13.5. The van der Waals surface area contributed by atoms with E-state index < -0.39 is 0 Å². The summed E-state index contributed by atoms with van der Waals surface area (Å²) >= 11 is 0. The number of aromatic nitrogens is 4. The van der Waals surface area contributed by atoms with Crippen molar-refractivity contribution in [2.24, 2.45) is 5.92 Å². The van der Waals surface area contributed by atoms with Crippen LogP contribution in [0.15, 0.2) is 36.5 Å². The fourth-order valence-electron chi connectivity index (χ4n) is 5.64. The SMILES string of the molecule is CCCC(C)c1nc(N2CCN(C(=O)CCC3CCCC3)CC2)c2cnn(-c3ccccc3)c2n1. The van der Waals surface area contributed by atoms with E-state index in [4.69, 9.17) is 15.1 Å². The largest absolute Gasteiger partial charge is 0.352 e. The zero-order chi connectivity index (χ0) is 24.2. The van der Waals surface area contributed by atoms with Crippen LogP contribution in [0.25, 0.3) is 16.7 Å². The second kappa shape index (κ2) is 10.8. The van der Waals surface area contributed by atoms with Gasteiger partial charge >= 0.3 is 0 Å². The van der Waals surface area contributed by atoms with Crippen LogP contribution in [0, 0.1) is 5.92 Å². The normalized spacial score (nSPS) is 17.9. The highest BCUT2D eigenvalue weighted by atomic mass is 16.2. The van der Waals surface area contributed by atoms with E-state index in [2.05, 4.69) is 35.8 Å². The van der Waals surface area contributed by atoms with Crippen molar-refractivity contribution in [3.05, 3.63) is 42.4 Å². The topological polar surface area (TPSA) is 67.2 Å². The quantitative estimate of drug-likeness (QED) is 0.441. The first-order valence-electron chi connectivity index (χ1n) is 13.5. The number of amides is 1. The zero-order valence-electron chi connectivity index (χ0n) is 21.2. The number of anilines is 1. The third kappa shape index (κ3) is 5.19. The molecule has 35 heavy (non-hydrogen) atoms. The molecule has 3 aromatic rings. The first-order chi connectivity index (χ1) is 17.1. The van der Waals surface area contributed by atoms with Crippen molar-refractivity contribution in [2.45, 2.75) is 71.1 Å². The minimum absolute atomic E-state index is 0.278. The summed E-state index contributed by atoms with van der Waals surface area (Å²) in [5.41, 5.74) is 1.85. The molecule has 1 amide bonds. The number of piperazine rings is 1. The standard InChI is InChI=1S/C28H38N6O/c1-3-9-21(2)26-30-27(24-20-29-34(28(24)31-26)23-12-5-4-6-13-23)33-18-16-32(17-19-33)25(35)15-14-22-10-7-8-11-22/h4-6,12-13,20-22H,3,7-11,14-19H2,1-2H3. The van der Waals surface area contributed by atoms with Gasteiger partial charge in [-0.3, -0.25) is 4.79 Å². The Balaban J connectivity index is 1.36. The Morgan fingerprint density at radius 2 is 1.80 bits per heavy atom. The van der Waals surface area contributed by atoms with Crippen molar-refractivity contribution < 1.29 is 4.79 Å². The minimum Gasteiger partial charge on any atom is -0.352 e. The molecular weight excluding hydrogens is 436 g/mol. The molecule has 0 N–H and O–H groups in total. The Morgan fingerprint density at radius 3 is 2.51 bits per heavy atom. The predicted molar refractivity (Wildman–Crippen MR) is 140 cm³/mol. The third-order valence-electron chi connectivity index (χ3n) is 7.76. The maximum Gasteiger partial charge on any atom is 0.222 e. The number of benzene rings is 1. The smallest absolute Gasteiger partial charge is 0.222 e. The van der Waals surface area contributed by atoms with Crippen LogP contribution in [0.2, 0.25) is 0 Å². The lowest BCUT2D eigenvalue weighted by atomic mass is 10.0. The average molecular weight is 475 g/mol. The molecule has 1 atom stereocenters. The van der Waals surface area contributed by atoms with Gasteiger partial charge in [0.15, 0.2) is 5.65 Å². The zero-order valence-corrected chi connectivity index (χ0v) is 21.2. The predicted octanol–water partition coefficient (Wildman–Crippen LogP) is 5.34. The van der Waals surface area contributed by atoms with E-state index in [0.29, 0.717) is 12.3 Å². The molecule has 0 spiro atoms. The van der Waals surface area contributed by atoms with Crippen molar-refractivity contribution >= 4 is 22.8 Å². The van der Waals surface area contributed by atoms with Crippen molar-refractivity contribution in [1.82, 2.24) is 24.6 Å². The van der Waals surface area contributed by atoms with Gasteiger partial charge in [-0.15, -0.1) is 0 Å². The Labute approximate surface area is 208 Å². The Morgan fingerprint density at radius 1 is 1.06 bits per heavy atom. The average Bonchev–Trinajstić information content (AvgIpc) is 3.57. The second-order valence-corrected chi connectivity index (χ2v) is 10.3. The monoisotopic (exact) mass is 474 g/mol. The van der Waals surface area contributed by atoms with Crippen LogP contribution in [-0.2, 0) is 4.79 Å². The van der Waals surface area contributed by atoms with Gasteiger partial charge in [0.25, 0.3) is 0 Å². The van der Waals surface area contributed by atoms with E-state index >= 15 is 0 Å². The van der Waals surface area contributed by atoms with Gasteiger partial charge < -0.3 is 9.80 Å². The molecule has 1 aliphatic heterocycles. The highest BCUT2D eigenvalue weighted by molar-refractivity contribution is 5.88. The van der Waals surface area contributed by atoms with Gasteiger partial charge in [-0.2, -0.15) is 5.10 Å². The van der Waals surface area contributed by atoms with E-state index in [9.17, 15) is 4.79 Å². The molecule has 5 rings (SSSR count). The van der Waals surface area contributed by atoms with Crippen LogP contribution < -0.4 is 4.90 Å². The molecule has 1 saturated heterocycles. The Hall–Kier alpha value is -2.96. The summed E-state index contributed by atoms with van der Waals surface area (Å²) in [5, 5.41) is 5.67. The lowest BCUT2D eigenvalue weighted by Gasteiger charge is -2.36. The summed E-state index contributed by atoms with van der Waals surface area (Å²) in [4.78, 5) is 27.3. The Bertz CT molecular complexity index is 1130. The summed E-state index contributed by atoms with van der Waals surface area (Å²) in [6.07, 6.45) is 11.1. The molecule has 0 radical (unpaired) electrons. The number of fused-ring (bicyclic) bond motifs is 1. The molecule has 2 aliphatic rings. The fourth-order valence-corrected chi connectivity index (χ4v) is 5.64. The number of para-hydroxylation sites is 1. The van der Waals surface area contributed by atoms with Gasteiger partial charge in [-0.25, -0.2) is 14.6 Å². The number of hydrogen-bond donors (Lipinski definition) is 0. The summed E-state index contributed by atoms with van der Waals surface area (Å²) in [7, 11) is 0. The van der Waals surface area contributed by atoms with Crippen LogP contribution in [0.4, 0.5) is 5.82 Å². The number of rotatable bonds is 8. The first kappa shape index (κ1) is 23.8. The Kier molecular flexibility index (Phi) is 7.30. The third-order valence-corrected chi connectivity index (χ3v) is 7.76. The van der Waals surface area contributed by atoms with Gasteiger partial charge in [-0.1, -0.05) is 64.2 Å². The van der Waals surface area contributed by atoms with Crippen molar-refractivity contribution in [1.29, 1.82) is 0 Å². The van der Waals surface area contributed by atoms with Crippen molar-refractivity contribution in [2.75, 3.05) is 31.1 Å². The van der Waals surface area contributed by atoms with Crippen LogP contribution in [-0.4, -0.2) is 56.7 Å². The molecule has 3 heterocycles. The molecule has 0 bridgehead atoms. The highest BCUT2D eigenvalue weighted by Crippen LogP contribution is 2.31. The van der Waals surface area contributed by atoms with Crippen LogP contribution in [0.3, 0.4) is 0 Å². The van der Waals surface area contributed by atoms with Gasteiger partial charge in [0, 0.05) is 38.5 Å². The maximum absolute atomic E-state index is 12.9. The van der Waals surface area contributed by atoms with Gasteiger partial charge in [-0.05, 0) is 30.9 Å². The summed E-state index contributed by atoms with van der Waals surface area (Å²) in [5.74, 6) is 3.19. The summed E-state index contributed by atoms with van der Waals surface area (Å²) in [6.45, 7) is 7.49. The molecular formula is C28H38N6O. The molecule has 1 saturated carbocycles. The summed E-state index contributed by atoms with van der Waals surface area (Å²) < 4.78 is 1.92. The highest BCUT2D eigenvalue weighted by Gasteiger charge is 2.26. The number of carbonyl (C=O) groups is 1. The molecule has 2 aromatic heterocycles. The molecule has 1 unspecified atom stereocenters. The number of hydrogen-bond acceptors (Lipinski definition) is 5. The van der Waals surface area contributed by atoms with Gasteiger partial charge in [0.1, 0.15) is 11.6 Å². The van der Waals surface area contributed by atoms with E-state index in [1.807, 2.05) is 29.1 Å². The van der Waals surface area contributed by atoms with E-state index in [-0.39, 0.29) is 5.92 Å². The summed E-state index contributed by atoms with van der Waals surface area (Å²) in [6, 6.07) is 10.2.